The normalized spacial score (nSPS) is 11.0. The molecule has 0 unspecified atom stereocenters. The van der Waals surface area contributed by atoms with Crippen LogP contribution in [-0.2, 0) is 4.79 Å². The summed E-state index contributed by atoms with van der Waals surface area (Å²) in [7, 11) is 0. The molecule has 0 spiro atoms. The Balaban J connectivity index is 1.44. The predicted octanol–water partition coefficient (Wildman–Crippen LogP) is 3.40. The first-order valence-corrected chi connectivity index (χ1v) is 10.1. The number of para-hydroxylation sites is 1. The average molecular weight is 426 g/mol. The molecule has 0 saturated heterocycles. The van der Waals surface area contributed by atoms with Gasteiger partial charge in [-0.2, -0.15) is 0 Å². The molecule has 0 aliphatic rings. The zero-order chi connectivity index (χ0) is 20.4. The quantitative estimate of drug-likeness (QED) is 0.386. The fourth-order valence-electron chi connectivity index (χ4n) is 2.91. The SMILES string of the molecule is Cc1cc2ccccc2n2c(SCC(=O)NNC(=O)c3ccc(Cl)cc3)nnc12. The van der Waals surface area contributed by atoms with Gasteiger partial charge in [0.05, 0.1) is 11.3 Å². The molecular weight excluding hydrogens is 410 g/mol. The van der Waals surface area contributed by atoms with E-state index in [4.69, 9.17) is 11.6 Å². The van der Waals surface area contributed by atoms with E-state index in [2.05, 4.69) is 27.1 Å². The van der Waals surface area contributed by atoms with E-state index < -0.39 is 5.91 Å². The predicted molar refractivity (Wildman–Crippen MR) is 113 cm³/mol. The van der Waals surface area contributed by atoms with Crippen LogP contribution in [0.1, 0.15) is 15.9 Å². The van der Waals surface area contributed by atoms with Crippen LogP contribution in [0.2, 0.25) is 5.02 Å². The highest BCUT2D eigenvalue weighted by molar-refractivity contribution is 7.99. The number of fused-ring (bicyclic) bond motifs is 3. The highest BCUT2D eigenvalue weighted by Crippen LogP contribution is 2.25. The third-order valence-electron chi connectivity index (χ3n) is 4.29. The smallest absolute Gasteiger partial charge is 0.269 e. The molecule has 2 N–H and O–H groups in total. The van der Waals surface area contributed by atoms with Gasteiger partial charge in [0.1, 0.15) is 0 Å². The van der Waals surface area contributed by atoms with Crippen molar-refractivity contribution in [2.24, 2.45) is 0 Å². The third kappa shape index (κ3) is 4.03. The summed E-state index contributed by atoms with van der Waals surface area (Å²) in [6, 6.07) is 16.4. The van der Waals surface area contributed by atoms with Gasteiger partial charge < -0.3 is 0 Å². The number of hydrogen-bond donors (Lipinski definition) is 2. The van der Waals surface area contributed by atoms with Crippen molar-refractivity contribution in [1.82, 2.24) is 25.4 Å². The molecule has 146 valence electrons. The number of hydrogen-bond acceptors (Lipinski definition) is 5. The largest absolute Gasteiger partial charge is 0.272 e. The van der Waals surface area contributed by atoms with Gasteiger partial charge in [0.25, 0.3) is 5.91 Å². The van der Waals surface area contributed by atoms with E-state index in [1.54, 1.807) is 24.3 Å². The van der Waals surface area contributed by atoms with Crippen molar-refractivity contribution < 1.29 is 9.59 Å². The van der Waals surface area contributed by atoms with E-state index in [-0.39, 0.29) is 11.7 Å². The number of hydrazine groups is 1. The molecule has 0 bridgehead atoms. The van der Waals surface area contributed by atoms with Crippen LogP contribution in [0.25, 0.3) is 16.6 Å². The van der Waals surface area contributed by atoms with Crippen LogP contribution in [0.15, 0.2) is 59.8 Å². The molecule has 2 amide bonds. The monoisotopic (exact) mass is 425 g/mol. The van der Waals surface area contributed by atoms with Crippen LogP contribution >= 0.6 is 23.4 Å². The summed E-state index contributed by atoms with van der Waals surface area (Å²) in [4.78, 5) is 24.2. The summed E-state index contributed by atoms with van der Waals surface area (Å²) in [5.74, 6) is -0.704. The van der Waals surface area contributed by atoms with Crippen LogP contribution in [-0.4, -0.2) is 32.2 Å². The molecule has 0 aliphatic carbocycles. The Labute approximate surface area is 175 Å². The molecule has 0 aliphatic heterocycles. The average Bonchev–Trinajstić information content (AvgIpc) is 3.16. The summed E-state index contributed by atoms with van der Waals surface area (Å²) in [5.41, 5.74) is 7.91. The number of aryl methyl sites for hydroxylation is 1. The zero-order valence-electron chi connectivity index (χ0n) is 15.3. The van der Waals surface area contributed by atoms with Gasteiger partial charge in [-0.05, 0) is 54.3 Å². The summed E-state index contributed by atoms with van der Waals surface area (Å²) in [6.07, 6.45) is 0. The van der Waals surface area contributed by atoms with Gasteiger partial charge in [-0.15, -0.1) is 10.2 Å². The van der Waals surface area contributed by atoms with Crippen molar-refractivity contribution >= 4 is 51.7 Å². The lowest BCUT2D eigenvalue weighted by molar-refractivity contribution is -0.119. The molecule has 4 rings (SSSR count). The Morgan fingerprint density at radius 3 is 2.62 bits per heavy atom. The van der Waals surface area contributed by atoms with Crippen molar-refractivity contribution in [2.45, 2.75) is 12.1 Å². The second kappa shape index (κ2) is 8.10. The second-order valence-corrected chi connectivity index (χ2v) is 7.70. The molecular formula is C20H16ClN5O2S. The molecule has 9 heteroatoms. The molecule has 2 heterocycles. The minimum atomic E-state index is -0.422. The van der Waals surface area contributed by atoms with Gasteiger partial charge in [0.15, 0.2) is 10.8 Å². The molecule has 7 nitrogen and oxygen atoms in total. The Morgan fingerprint density at radius 2 is 1.83 bits per heavy atom. The Hall–Kier alpha value is -3.10. The first kappa shape index (κ1) is 19.2. The summed E-state index contributed by atoms with van der Waals surface area (Å²) < 4.78 is 1.94. The minimum absolute atomic E-state index is 0.0734. The standard InChI is InChI=1S/C20H16ClN5O2S/c1-12-10-14-4-2-3-5-16(14)26-18(12)23-25-20(26)29-11-17(27)22-24-19(28)13-6-8-15(21)9-7-13/h2-10H,11H2,1H3,(H,22,27)(H,24,28). The fourth-order valence-corrected chi connectivity index (χ4v) is 3.78. The van der Waals surface area contributed by atoms with Gasteiger partial charge >= 0.3 is 0 Å². The van der Waals surface area contributed by atoms with Crippen LogP contribution < -0.4 is 10.9 Å². The van der Waals surface area contributed by atoms with E-state index in [0.29, 0.717) is 15.7 Å². The van der Waals surface area contributed by atoms with Gasteiger partial charge in [0.2, 0.25) is 5.91 Å². The van der Waals surface area contributed by atoms with Gasteiger partial charge in [-0.3, -0.25) is 24.8 Å². The number of nitrogens with zero attached hydrogens (tertiary/aromatic N) is 3. The number of carbonyl (C=O) groups is 2. The number of pyridine rings is 1. The number of nitrogens with one attached hydrogen (secondary N) is 2. The molecule has 4 aromatic rings. The van der Waals surface area contributed by atoms with Gasteiger partial charge in [-0.1, -0.05) is 41.6 Å². The lowest BCUT2D eigenvalue weighted by atomic mass is 10.1. The van der Waals surface area contributed by atoms with E-state index in [1.807, 2.05) is 35.6 Å². The lowest BCUT2D eigenvalue weighted by Gasteiger charge is -2.08. The molecule has 29 heavy (non-hydrogen) atoms. The first-order valence-electron chi connectivity index (χ1n) is 8.74. The van der Waals surface area contributed by atoms with Gasteiger partial charge in [-0.25, -0.2) is 0 Å². The highest BCUT2D eigenvalue weighted by Gasteiger charge is 2.14. The van der Waals surface area contributed by atoms with Crippen LogP contribution in [0.5, 0.6) is 0 Å². The van der Waals surface area contributed by atoms with Crippen LogP contribution in [0.4, 0.5) is 0 Å². The number of benzene rings is 2. The van der Waals surface area contributed by atoms with Crippen molar-refractivity contribution in [1.29, 1.82) is 0 Å². The van der Waals surface area contributed by atoms with Crippen LogP contribution in [0.3, 0.4) is 0 Å². The van der Waals surface area contributed by atoms with Crippen molar-refractivity contribution in [3.8, 4) is 0 Å². The van der Waals surface area contributed by atoms with E-state index >= 15 is 0 Å². The maximum absolute atomic E-state index is 12.2. The number of amides is 2. The summed E-state index contributed by atoms with van der Waals surface area (Å²) >= 11 is 7.05. The Bertz CT molecular complexity index is 1220. The van der Waals surface area contributed by atoms with Crippen LogP contribution in [0, 0.1) is 6.92 Å². The minimum Gasteiger partial charge on any atom is -0.272 e. The molecule has 0 fully saturated rings. The third-order valence-corrected chi connectivity index (χ3v) is 5.47. The second-order valence-electron chi connectivity index (χ2n) is 6.33. The zero-order valence-corrected chi connectivity index (χ0v) is 16.9. The van der Waals surface area contributed by atoms with E-state index in [1.165, 1.54) is 11.8 Å². The summed E-state index contributed by atoms with van der Waals surface area (Å²) in [6.45, 7) is 1.98. The van der Waals surface area contributed by atoms with E-state index in [0.717, 1.165) is 22.1 Å². The van der Waals surface area contributed by atoms with Crippen molar-refractivity contribution in [3.63, 3.8) is 0 Å². The van der Waals surface area contributed by atoms with Crippen molar-refractivity contribution in [3.05, 3.63) is 70.7 Å². The number of thioether (sulfide) groups is 1. The molecule has 0 atom stereocenters. The lowest BCUT2D eigenvalue weighted by Crippen LogP contribution is -2.42. The Morgan fingerprint density at radius 1 is 1.07 bits per heavy atom. The fraction of sp³-hybridized carbons (Fsp3) is 0.100. The maximum Gasteiger partial charge on any atom is 0.269 e. The number of halogens is 1. The number of rotatable bonds is 4. The molecule has 0 radical (unpaired) electrons. The topological polar surface area (TPSA) is 88.4 Å². The Kier molecular flexibility index (Phi) is 5.37. The molecule has 2 aromatic carbocycles. The van der Waals surface area contributed by atoms with E-state index in [9.17, 15) is 9.59 Å². The number of aromatic nitrogens is 3. The first-order chi connectivity index (χ1) is 14.0. The summed E-state index contributed by atoms with van der Waals surface area (Å²) in [5, 5.41) is 10.7. The van der Waals surface area contributed by atoms with Gasteiger partial charge in [0, 0.05) is 10.6 Å². The highest BCUT2D eigenvalue weighted by atomic mass is 35.5. The van der Waals surface area contributed by atoms with Crippen molar-refractivity contribution in [2.75, 3.05) is 5.75 Å². The number of carbonyl (C=O) groups excluding carboxylic acids is 2. The maximum atomic E-state index is 12.2. The molecule has 2 aromatic heterocycles. The molecule has 0 saturated carbocycles.